The van der Waals surface area contributed by atoms with Gasteiger partial charge in [-0.05, 0) is 42.7 Å². The number of phenols is 1. The van der Waals surface area contributed by atoms with Crippen molar-refractivity contribution in [1.82, 2.24) is 4.90 Å². The number of benzene rings is 1. The van der Waals surface area contributed by atoms with Crippen LogP contribution in [0.15, 0.2) is 18.2 Å². The van der Waals surface area contributed by atoms with Crippen LogP contribution in [0.4, 0.5) is 0 Å². The summed E-state index contributed by atoms with van der Waals surface area (Å²) in [6.45, 7) is 9.23. The van der Waals surface area contributed by atoms with E-state index in [0.29, 0.717) is 25.8 Å². The number of carbonyl (C=O) groups is 1. The number of phenolic OH excluding ortho intramolecular Hbond substituents is 1. The van der Waals surface area contributed by atoms with E-state index >= 15 is 0 Å². The van der Waals surface area contributed by atoms with Crippen molar-refractivity contribution in [3.05, 3.63) is 29.3 Å². The van der Waals surface area contributed by atoms with E-state index in [0.717, 1.165) is 24.0 Å². The van der Waals surface area contributed by atoms with Crippen LogP contribution in [-0.2, 0) is 10.2 Å². The fourth-order valence-corrected chi connectivity index (χ4v) is 4.28. The second-order valence-corrected chi connectivity index (χ2v) is 9.00. The second kappa shape index (κ2) is 10.3. The summed E-state index contributed by atoms with van der Waals surface area (Å²) in [7, 11) is 0. The number of aliphatic hydroxyl groups excluding tert-OH is 1. The molecule has 1 aromatic carbocycles. The Kier molecular flexibility index (Phi) is 8.36. The minimum absolute atomic E-state index is 0.00749. The van der Waals surface area contributed by atoms with Crippen LogP contribution in [0.3, 0.4) is 0 Å². The molecule has 2 rings (SSSR count). The largest absolute Gasteiger partial charge is 0.508 e. The van der Waals surface area contributed by atoms with Gasteiger partial charge in [-0.25, -0.2) is 0 Å². The number of hydrogen-bond donors (Lipinski definition) is 2. The molecule has 1 aromatic rings. The summed E-state index contributed by atoms with van der Waals surface area (Å²) in [4.78, 5) is 14.4. The van der Waals surface area contributed by atoms with E-state index in [4.69, 9.17) is 0 Å². The van der Waals surface area contributed by atoms with Crippen molar-refractivity contribution < 1.29 is 15.0 Å². The maximum Gasteiger partial charge on any atom is 0.223 e. The molecule has 1 heterocycles. The molecule has 158 valence electrons. The Morgan fingerprint density at radius 2 is 1.93 bits per heavy atom. The van der Waals surface area contributed by atoms with Crippen molar-refractivity contribution in [2.45, 2.75) is 103 Å². The number of amides is 1. The van der Waals surface area contributed by atoms with Gasteiger partial charge in [0.15, 0.2) is 0 Å². The quantitative estimate of drug-likeness (QED) is 0.551. The number of likely N-dealkylation sites (tertiary alicyclic amines) is 1. The number of carbonyl (C=O) groups excluding carboxylic acids is 1. The van der Waals surface area contributed by atoms with E-state index in [2.05, 4.69) is 26.8 Å². The SMILES string of the molecule is CCCCCCC(C)(C)c1ccc([C@@H]2C[C@H](O)CCN2C(=O)CCC)c(O)c1. The van der Waals surface area contributed by atoms with Gasteiger partial charge in [-0.2, -0.15) is 0 Å². The summed E-state index contributed by atoms with van der Waals surface area (Å²) in [6.07, 6.45) is 8.02. The van der Waals surface area contributed by atoms with Gasteiger partial charge in [0, 0.05) is 18.5 Å². The van der Waals surface area contributed by atoms with Crippen LogP contribution in [-0.4, -0.2) is 33.7 Å². The summed E-state index contributed by atoms with van der Waals surface area (Å²) in [5, 5.41) is 21.0. The van der Waals surface area contributed by atoms with E-state index in [1.54, 1.807) is 0 Å². The minimum Gasteiger partial charge on any atom is -0.508 e. The van der Waals surface area contributed by atoms with Crippen LogP contribution in [0.2, 0.25) is 0 Å². The van der Waals surface area contributed by atoms with Gasteiger partial charge in [0.25, 0.3) is 0 Å². The van der Waals surface area contributed by atoms with E-state index < -0.39 is 6.10 Å². The summed E-state index contributed by atoms with van der Waals surface area (Å²) in [5.41, 5.74) is 1.90. The standard InChI is InChI=1S/C24H39NO3/c1-5-7-8-9-14-24(3,4)18-11-12-20(22(27)16-18)21-17-19(26)13-15-25(21)23(28)10-6-2/h11-12,16,19,21,26-27H,5-10,13-15,17H2,1-4H3/t19-,21+/m1/s1. The molecule has 1 aliphatic heterocycles. The van der Waals surface area contributed by atoms with Crippen molar-refractivity contribution in [2.75, 3.05) is 6.54 Å². The van der Waals surface area contributed by atoms with Crippen LogP contribution in [0.1, 0.15) is 103 Å². The third-order valence-electron chi connectivity index (χ3n) is 6.19. The average molecular weight is 390 g/mol. The molecule has 0 radical (unpaired) electrons. The molecule has 1 saturated heterocycles. The highest BCUT2D eigenvalue weighted by molar-refractivity contribution is 5.77. The summed E-state index contributed by atoms with van der Waals surface area (Å²) in [6, 6.07) is 5.69. The molecular formula is C24H39NO3. The number of rotatable bonds is 9. The van der Waals surface area contributed by atoms with Gasteiger partial charge in [0.05, 0.1) is 12.1 Å². The predicted molar refractivity (Wildman–Crippen MR) is 114 cm³/mol. The van der Waals surface area contributed by atoms with Crippen LogP contribution >= 0.6 is 0 Å². The smallest absolute Gasteiger partial charge is 0.223 e. The molecule has 0 aromatic heterocycles. The van der Waals surface area contributed by atoms with Crippen LogP contribution < -0.4 is 0 Å². The van der Waals surface area contributed by atoms with Crippen molar-refractivity contribution in [2.24, 2.45) is 0 Å². The Bertz CT molecular complexity index is 641. The Morgan fingerprint density at radius 1 is 1.18 bits per heavy atom. The monoisotopic (exact) mass is 389 g/mol. The van der Waals surface area contributed by atoms with Gasteiger partial charge in [-0.1, -0.05) is 65.5 Å². The van der Waals surface area contributed by atoms with Gasteiger partial charge >= 0.3 is 0 Å². The van der Waals surface area contributed by atoms with Gasteiger partial charge in [0.2, 0.25) is 5.91 Å². The topological polar surface area (TPSA) is 60.8 Å². The number of aliphatic hydroxyl groups is 1. The first kappa shape index (κ1) is 22.7. The molecule has 1 amide bonds. The van der Waals surface area contributed by atoms with Crippen molar-refractivity contribution in [1.29, 1.82) is 0 Å². The van der Waals surface area contributed by atoms with E-state index in [1.165, 1.54) is 25.7 Å². The molecule has 0 unspecified atom stereocenters. The minimum atomic E-state index is -0.426. The summed E-state index contributed by atoms with van der Waals surface area (Å²) < 4.78 is 0. The van der Waals surface area contributed by atoms with Crippen LogP contribution in [0.5, 0.6) is 5.75 Å². The molecule has 0 spiro atoms. The first-order chi connectivity index (χ1) is 13.3. The molecule has 28 heavy (non-hydrogen) atoms. The zero-order chi connectivity index (χ0) is 20.7. The lowest BCUT2D eigenvalue weighted by atomic mass is 9.79. The highest BCUT2D eigenvalue weighted by Crippen LogP contribution is 2.39. The summed E-state index contributed by atoms with van der Waals surface area (Å²) >= 11 is 0. The Balaban J connectivity index is 2.20. The third-order valence-corrected chi connectivity index (χ3v) is 6.19. The van der Waals surface area contributed by atoms with E-state index in [-0.39, 0.29) is 23.1 Å². The molecule has 1 fully saturated rings. The zero-order valence-corrected chi connectivity index (χ0v) is 18.2. The molecule has 1 aliphatic rings. The molecular weight excluding hydrogens is 350 g/mol. The molecule has 4 nitrogen and oxygen atoms in total. The number of nitrogens with zero attached hydrogens (tertiary/aromatic N) is 1. The first-order valence-electron chi connectivity index (χ1n) is 11.1. The van der Waals surface area contributed by atoms with E-state index in [1.807, 2.05) is 24.0 Å². The molecule has 0 saturated carbocycles. The molecule has 2 N–H and O–H groups in total. The van der Waals surface area contributed by atoms with Crippen molar-refractivity contribution in [3.8, 4) is 5.75 Å². The zero-order valence-electron chi connectivity index (χ0n) is 18.2. The number of unbranched alkanes of at least 4 members (excludes halogenated alkanes) is 3. The average Bonchev–Trinajstić information content (AvgIpc) is 2.65. The molecule has 4 heteroatoms. The fourth-order valence-electron chi connectivity index (χ4n) is 4.28. The lowest BCUT2D eigenvalue weighted by Gasteiger charge is -2.39. The van der Waals surface area contributed by atoms with Crippen molar-refractivity contribution in [3.63, 3.8) is 0 Å². The highest BCUT2D eigenvalue weighted by atomic mass is 16.3. The van der Waals surface area contributed by atoms with E-state index in [9.17, 15) is 15.0 Å². The Morgan fingerprint density at radius 3 is 2.57 bits per heavy atom. The van der Waals surface area contributed by atoms with Crippen LogP contribution in [0, 0.1) is 0 Å². The third kappa shape index (κ3) is 5.73. The normalized spacial score (nSPS) is 20.4. The first-order valence-corrected chi connectivity index (χ1v) is 11.1. The number of aromatic hydroxyl groups is 1. The van der Waals surface area contributed by atoms with Gasteiger partial charge in [-0.3, -0.25) is 4.79 Å². The molecule has 0 bridgehead atoms. The Hall–Kier alpha value is -1.55. The van der Waals surface area contributed by atoms with Crippen molar-refractivity contribution >= 4 is 5.91 Å². The fraction of sp³-hybridized carbons (Fsp3) is 0.708. The maximum atomic E-state index is 12.6. The maximum absolute atomic E-state index is 12.6. The number of hydrogen-bond acceptors (Lipinski definition) is 3. The highest BCUT2D eigenvalue weighted by Gasteiger charge is 2.33. The second-order valence-electron chi connectivity index (χ2n) is 9.00. The van der Waals surface area contributed by atoms with Gasteiger partial charge < -0.3 is 15.1 Å². The lowest BCUT2D eigenvalue weighted by Crippen LogP contribution is -2.42. The van der Waals surface area contributed by atoms with Crippen LogP contribution in [0.25, 0.3) is 0 Å². The molecule has 2 atom stereocenters. The van der Waals surface area contributed by atoms with Gasteiger partial charge in [0.1, 0.15) is 5.75 Å². The molecule has 0 aliphatic carbocycles. The predicted octanol–water partition coefficient (Wildman–Crippen LogP) is 5.46. The van der Waals surface area contributed by atoms with Gasteiger partial charge in [-0.15, -0.1) is 0 Å². The lowest BCUT2D eigenvalue weighted by molar-refractivity contribution is -0.136. The number of piperidine rings is 1. The summed E-state index contributed by atoms with van der Waals surface area (Å²) in [5.74, 6) is 0.353. The Labute approximate surface area is 171 Å².